The molecule has 0 amide bonds. The van der Waals surface area contributed by atoms with Crippen LogP contribution in [0.2, 0.25) is 0 Å². The van der Waals surface area contributed by atoms with Gasteiger partial charge in [0.05, 0.1) is 13.2 Å². The molecule has 0 aromatic heterocycles. The monoisotopic (exact) mass is 222 g/mol. The Morgan fingerprint density at radius 1 is 1.44 bits per heavy atom. The third kappa shape index (κ3) is 2.30. The lowest BCUT2D eigenvalue weighted by molar-refractivity contribution is 0.255. The van der Waals surface area contributed by atoms with Crippen molar-refractivity contribution in [3.63, 3.8) is 0 Å². The van der Waals surface area contributed by atoms with Crippen LogP contribution < -0.4 is 9.47 Å². The second-order valence-electron chi connectivity index (χ2n) is 4.28. The van der Waals surface area contributed by atoms with E-state index in [2.05, 4.69) is 0 Å². The number of hydrogen-bond acceptors (Lipinski definition) is 3. The molecule has 1 aliphatic carbocycles. The molecule has 1 fully saturated rings. The number of benzene rings is 1. The maximum atomic E-state index is 9.23. The molecule has 88 valence electrons. The van der Waals surface area contributed by atoms with E-state index in [4.69, 9.17) is 9.47 Å². The quantitative estimate of drug-likeness (QED) is 0.831. The first-order chi connectivity index (χ1) is 7.76. The predicted octanol–water partition coefficient (Wildman–Crippen LogP) is 2.33. The maximum Gasteiger partial charge on any atom is 0.165 e. The van der Waals surface area contributed by atoms with Crippen LogP contribution in [-0.4, -0.2) is 24.9 Å². The summed E-state index contributed by atoms with van der Waals surface area (Å²) in [6.45, 7) is 2.10. The summed E-state index contributed by atoms with van der Waals surface area (Å²) in [5, 5.41) is 9.23. The van der Waals surface area contributed by atoms with E-state index in [0.717, 1.165) is 29.9 Å². The van der Waals surface area contributed by atoms with Gasteiger partial charge in [-0.05, 0) is 18.9 Å². The molecule has 1 atom stereocenters. The lowest BCUT2D eigenvalue weighted by Gasteiger charge is -2.17. The van der Waals surface area contributed by atoms with Crippen molar-refractivity contribution in [2.24, 2.45) is 0 Å². The summed E-state index contributed by atoms with van der Waals surface area (Å²) in [4.78, 5) is 0. The van der Waals surface area contributed by atoms with E-state index in [9.17, 15) is 5.11 Å². The zero-order chi connectivity index (χ0) is 11.5. The molecule has 0 radical (unpaired) electrons. The minimum Gasteiger partial charge on any atom is -0.493 e. The van der Waals surface area contributed by atoms with E-state index < -0.39 is 0 Å². The van der Waals surface area contributed by atoms with Gasteiger partial charge in [0, 0.05) is 18.1 Å². The Labute approximate surface area is 96.0 Å². The van der Waals surface area contributed by atoms with Gasteiger partial charge in [0.25, 0.3) is 0 Å². The zero-order valence-corrected chi connectivity index (χ0v) is 9.77. The molecular weight excluding hydrogens is 204 g/mol. The predicted molar refractivity (Wildman–Crippen MR) is 62.1 cm³/mol. The standard InChI is InChI=1S/C13H18O3/c1-9(8-14)11-4-3-5-12(15-2)13(11)16-10-6-7-10/h3-5,9-10,14H,6-8H2,1-2H3. The summed E-state index contributed by atoms with van der Waals surface area (Å²) in [5.74, 6) is 1.63. The first-order valence-electron chi connectivity index (χ1n) is 5.70. The van der Waals surface area contributed by atoms with Crippen molar-refractivity contribution in [2.75, 3.05) is 13.7 Å². The lowest BCUT2D eigenvalue weighted by Crippen LogP contribution is -2.06. The Morgan fingerprint density at radius 3 is 2.75 bits per heavy atom. The van der Waals surface area contributed by atoms with Crippen molar-refractivity contribution in [3.8, 4) is 11.5 Å². The van der Waals surface area contributed by atoms with Crippen molar-refractivity contribution in [2.45, 2.75) is 31.8 Å². The van der Waals surface area contributed by atoms with Gasteiger partial charge in [-0.3, -0.25) is 0 Å². The molecule has 1 aromatic rings. The third-order valence-corrected chi connectivity index (χ3v) is 2.84. The van der Waals surface area contributed by atoms with E-state index in [1.54, 1.807) is 7.11 Å². The topological polar surface area (TPSA) is 38.7 Å². The molecule has 1 N–H and O–H groups in total. The molecule has 0 aliphatic heterocycles. The summed E-state index contributed by atoms with van der Waals surface area (Å²) in [7, 11) is 1.64. The fraction of sp³-hybridized carbons (Fsp3) is 0.538. The first kappa shape index (κ1) is 11.3. The highest BCUT2D eigenvalue weighted by atomic mass is 16.5. The number of rotatable bonds is 5. The molecule has 0 heterocycles. The molecule has 1 aromatic carbocycles. The Morgan fingerprint density at radius 2 is 2.19 bits per heavy atom. The van der Waals surface area contributed by atoms with Crippen LogP contribution in [0.5, 0.6) is 11.5 Å². The summed E-state index contributed by atoms with van der Waals surface area (Å²) < 4.78 is 11.2. The first-order valence-corrected chi connectivity index (χ1v) is 5.70. The largest absolute Gasteiger partial charge is 0.493 e. The van der Waals surface area contributed by atoms with E-state index in [1.807, 2.05) is 25.1 Å². The van der Waals surface area contributed by atoms with Crippen LogP contribution in [0.3, 0.4) is 0 Å². The molecule has 3 nitrogen and oxygen atoms in total. The summed E-state index contributed by atoms with van der Waals surface area (Å²) >= 11 is 0. The fourth-order valence-electron chi connectivity index (χ4n) is 1.66. The van der Waals surface area contributed by atoms with Crippen molar-refractivity contribution in [3.05, 3.63) is 23.8 Å². The van der Waals surface area contributed by atoms with Gasteiger partial charge in [-0.2, -0.15) is 0 Å². The van der Waals surface area contributed by atoms with Crippen LogP contribution in [0, 0.1) is 0 Å². The molecule has 0 bridgehead atoms. The highest BCUT2D eigenvalue weighted by molar-refractivity contribution is 5.48. The van der Waals surface area contributed by atoms with Crippen LogP contribution in [-0.2, 0) is 0 Å². The number of hydrogen-bond donors (Lipinski definition) is 1. The van der Waals surface area contributed by atoms with Crippen LogP contribution in [0.25, 0.3) is 0 Å². The fourth-order valence-corrected chi connectivity index (χ4v) is 1.66. The molecule has 1 unspecified atom stereocenters. The molecule has 1 aliphatic rings. The van der Waals surface area contributed by atoms with Gasteiger partial charge in [-0.15, -0.1) is 0 Å². The van der Waals surface area contributed by atoms with Crippen molar-refractivity contribution in [1.82, 2.24) is 0 Å². The zero-order valence-electron chi connectivity index (χ0n) is 9.77. The number of aliphatic hydroxyl groups excluding tert-OH is 1. The second-order valence-corrected chi connectivity index (χ2v) is 4.28. The van der Waals surface area contributed by atoms with Gasteiger partial charge in [0.1, 0.15) is 0 Å². The summed E-state index contributed by atoms with van der Waals surface area (Å²) in [6.07, 6.45) is 2.57. The Bertz CT molecular complexity index is 358. The second kappa shape index (κ2) is 4.74. The van der Waals surface area contributed by atoms with Crippen LogP contribution in [0.1, 0.15) is 31.2 Å². The van der Waals surface area contributed by atoms with Gasteiger partial charge in [-0.25, -0.2) is 0 Å². The maximum absolute atomic E-state index is 9.23. The third-order valence-electron chi connectivity index (χ3n) is 2.84. The van der Waals surface area contributed by atoms with Gasteiger partial charge in [0.2, 0.25) is 0 Å². The molecule has 3 heteroatoms. The normalized spacial score (nSPS) is 16.9. The van der Waals surface area contributed by atoms with Gasteiger partial charge >= 0.3 is 0 Å². The van der Waals surface area contributed by atoms with Crippen LogP contribution >= 0.6 is 0 Å². The van der Waals surface area contributed by atoms with Crippen molar-refractivity contribution < 1.29 is 14.6 Å². The summed E-state index contributed by atoms with van der Waals surface area (Å²) in [5.41, 5.74) is 1.02. The van der Waals surface area contributed by atoms with E-state index in [-0.39, 0.29) is 12.5 Å². The average Bonchev–Trinajstić information content (AvgIpc) is 3.12. The number of methoxy groups -OCH3 is 1. The molecule has 1 saturated carbocycles. The molecule has 2 rings (SSSR count). The van der Waals surface area contributed by atoms with E-state index in [1.165, 1.54) is 0 Å². The smallest absolute Gasteiger partial charge is 0.165 e. The van der Waals surface area contributed by atoms with Crippen molar-refractivity contribution >= 4 is 0 Å². The highest BCUT2D eigenvalue weighted by Crippen LogP contribution is 2.39. The number of para-hydroxylation sites is 1. The minimum atomic E-state index is 0.0730. The SMILES string of the molecule is COc1cccc(C(C)CO)c1OC1CC1. The van der Waals surface area contributed by atoms with Crippen LogP contribution in [0.15, 0.2) is 18.2 Å². The van der Waals surface area contributed by atoms with Gasteiger partial charge < -0.3 is 14.6 Å². The van der Waals surface area contributed by atoms with Crippen molar-refractivity contribution in [1.29, 1.82) is 0 Å². The average molecular weight is 222 g/mol. The van der Waals surface area contributed by atoms with E-state index >= 15 is 0 Å². The van der Waals surface area contributed by atoms with Crippen LogP contribution in [0.4, 0.5) is 0 Å². The molecule has 0 spiro atoms. The minimum absolute atomic E-state index is 0.0730. The van der Waals surface area contributed by atoms with Gasteiger partial charge in [0.15, 0.2) is 11.5 Å². The Balaban J connectivity index is 2.32. The Hall–Kier alpha value is -1.22. The Kier molecular flexibility index (Phi) is 3.34. The molecular formula is C13H18O3. The number of aliphatic hydroxyl groups is 1. The lowest BCUT2D eigenvalue weighted by atomic mass is 10.0. The molecule has 0 saturated heterocycles. The van der Waals surface area contributed by atoms with E-state index in [0.29, 0.717) is 6.10 Å². The molecule has 16 heavy (non-hydrogen) atoms. The number of ether oxygens (including phenoxy) is 2. The summed E-state index contributed by atoms with van der Waals surface area (Å²) in [6, 6.07) is 5.81. The highest BCUT2D eigenvalue weighted by Gasteiger charge is 2.27. The van der Waals surface area contributed by atoms with Gasteiger partial charge in [-0.1, -0.05) is 19.1 Å².